The molecule has 0 amide bonds. The Morgan fingerprint density at radius 1 is 1.26 bits per heavy atom. The second kappa shape index (κ2) is 10.1. The fourth-order valence-corrected chi connectivity index (χ4v) is 3.48. The van der Waals surface area contributed by atoms with E-state index in [1.807, 2.05) is 20.8 Å². The molecular weight excluding hydrogens is 364 g/mol. The Balaban J connectivity index is 2.06. The number of hydrogen-bond donors (Lipinski definition) is 3. The van der Waals surface area contributed by atoms with E-state index in [4.69, 9.17) is 9.47 Å². The first-order valence-electron chi connectivity index (χ1n) is 8.83. The summed E-state index contributed by atoms with van der Waals surface area (Å²) in [6, 6.07) is 5.36. The van der Waals surface area contributed by atoms with Crippen molar-refractivity contribution >= 4 is 17.3 Å². The van der Waals surface area contributed by atoms with Gasteiger partial charge in [0.05, 0.1) is 37.6 Å². The molecule has 7 nitrogen and oxygen atoms in total. The van der Waals surface area contributed by atoms with Gasteiger partial charge in [-0.3, -0.25) is 0 Å². The van der Waals surface area contributed by atoms with Gasteiger partial charge in [0.1, 0.15) is 11.5 Å². The molecule has 8 heteroatoms. The van der Waals surface area contributed by atoms with Crippen LogP contribution in [0.1, 0.15) is 34.2 Å². The molecule has 0 aliphatic rings. The number of hydrogen-bond acceptors (Lipinski definition) is 6. The van der Waals surface area contributed by atoms with Crippen LogP contribution in [0.25, 0.3) is 0 Å². The maximum Gasteiger partial charge on any atom is 0.191 e. The third-order valence-corrected chi connectivity index (χ3v) is 5.04. The molecule has 0 spiro atoms. The van der Waals surface area contributed by atoms with E-state index in [1.165, 1.54) is 0 Å². The number of aromatic nitrogens is 1. The topological polar surface area (TPSA) is 88.0 Å². The fraction of sp³-hybridized carbons (Fsp3) is 0.474. The van der Waals surface area contributed by atoms with Crippen molar-refractivity contribution in [2.45, 2.75) is 33.4 Å². The maximum atomic E-state index is 10.6. The van der Waals surface area contributed by atoms with Crippen LogP contribution in [0.15, 0.2) is 23.2 Å². The van der Waals surface area contributed by atoms with Crippen LogP contribution in [0.5, 0.6) is 11.5 Å². The lowest BCUT2D eigenvalue weighted by Crippen LogP contribution is -2.39. The minimum absolute atomic E-state index is 0.288. The van der Waals surface area contributed by atoms with Crippen LogP contribution in [0.4, 0.5) is 0 Å². The Morgan fingerprint density at radius 3 is 2.63 bits per heavy atom. The molecule has 0 saturated carbocycles. The first kappa shape index (κ1) is 21.0. The number of aliphatic hydroxyl groups excluding tert-OH is 1. The van der Waals surface area contributed by atoms with Gasteiger partial charge in [0.15, 0.2) is 5.96 Å². The predicted molar refractivity (Wildman–Crippen MR) is 109 cm³/mol. The Bertz CT molecular complexity index is 776. The van der Waals surface area contributed by atoms with Crippen LogP contribution in [0, 0.1) is 13.8 Å². The number of aliphatic imine (C=N–C) groups is 1. The number of guanidine groups is 1. The van der Waals surface area contributed by atoms with E-state index < -0.39 is 6.10 Å². The molecule has 27 heavy (non-hydrogen) atoms. The molecule has 0 radical (unpaired) electrons. The number of nitrogens with one attached hydrogen (secondary N) is 2. The molecule has 148 valence electrons. The summed E-state index contributed by atoms with van der Waals surface area (Å²) < 4.78 is 10.6. The fourth-order valence-electron chi connectivity index (χ4n) is 2.62. The number of aryl methyl sites for hydroxylation is 2. The molecule has 2 aromatic rings. The maximum absolute atomic E-state index is 10.6. The summed E-state index contributed by atoms with van der Waals surface area (Å²) in [5.41, 5.74) is 1.67. The average molecular weight is 393 g/mol. The van der Waals surface area contributed by atoms with Crippen molar-refractivity contribution in [3.05, 3.63) is 39.3 Å². The highest BCUT2D eigenvalue weighted by atomic mass is 32.1. The van der Waals surface area contributed by atoms with Crippen LogP contribution in [0.3, 0.4) is 0 Å². The molecule has 1 atom stereocenters. The lowest BCUT2D eigenvalue weighted by atomic mass is 10.1. The summed E-state index contributed by atoms with van der Waals surface area (Å²) in [6.07, 6.45) is -0.772. The van der Waals surface area contributed by atoms with Gasteiger partial charge in [-0.2, -0.15) is 0 Å². The number of ether oxygens (including phenoxy) is 2. The number of thiazole rings is 1. The van der Waals surface area contributed by atoms with E-state index in [0.717, 1.165) is 22.1 Å². The molecule has 1 aromatic heterocycles. The molecule has 0 bridgehead atoms. The highest BCUT2D eigenvalue weighted by Gasteiger charge is 2.15. The molecule has 1 unspecified atom stereocenters. The first-order chi connectivity index (χ1) is 13.0. The number of nitrogens with zero attached hydrogens (tertiary/aromatic N) is 2. The number of rotatable bonds is 8. The van der Waals surface area contributed by atoms with Crippen molar-refractivity contribution in [2.75, 3.05) is 27.3 Å². The van der Waals surface area contributed by atoms with Gasteiger partial charge in [-0.1, -0.05) is 0 Å². The normalized spacial score (nSPS) is 12.6. The summed E-state index contributed by atoms with van der Waals surface area (Å²) in [5.74, 6) is 1.92. The average Bonchev–Trinajstić information content (AvgIpc) is 3.00. The SMILES string of the molecule is CCNC(=NCc1sc(C)nc1C)NCC(O)c1cc(OC)ccc1OC. The summed E-state index contributed by atoms with van der Waals surface area (Å²) in [4.78, 5) is 10.2. The highest BCUT2D eigenvalue weighted by Crippen LogP contribution is 2.29. The zero-order valence-corrected chi connectivity index (χ0v) is 17.3. The Labute approximate surface area is 164 Å². The van der Waals surface area contributed by atoms with Crippen LogP contribution < -0.4 is 20.1 Å². The lowest BCUT2D eigenvalue weighted by Gasteiger charge is -2.18. The molecule has 1 heterocycles. The van der Waals surface area contributed by atoms with E-state index >= 15 is 0 Å². The summed E-state index contributed by atoms with van der Waals surface area (Å²) in [6.45, 7) is 7.55. The van der Waals surface area contributed by atoms with Gasteiger partial charge < -0.3 is 25.2 Å². The number of aliphatic hydroxyl groups is 1. The largest absolute Gasteiger partial charge is 0.497 e. The van der Waals surface area contributed by atoms with E-state index in [2.05, 4.69) is 20.6 Å². The molecule has 0 fully saturated rings. The predicted octanol–water partition coefficient (Wildman–Crippen LogP) is 2.57. The minimum Gasteiger partial charge on any atom is -0.497 e. The summed E-state index contributed by atoms with van der Waals surface area (Å²) >= 11 is 1.65. The molecule has 3 N–H and O–H groups in total. The minimum atomic E-state index is -0.772. The van der Waals surface area contributed by atoms with Crippen molar-refractivity contribution in [1.82, 2.24) is 15.6 Å². The van der Waals surface area contributed by atoms with Gasteiger partial charge in [0.2, 0.25) is 0 Å². The third kappa shape index (κ3) is 5.83. The first-order valence-corrected chi connectivity index (χ1v) is 9.65. The summed E-state index contributed by atoms with van der Waals surface area (Å²) in [7, 11) is 3.17. The van der Waals surface area contributed by atoms with Crippen LogP contribution in [-0.2, 0) is 6.54 Å². The van der Waals surface area contributed by atoms with E-state index in [-0.39, 0.29) is 6.54 Å². The van der Waals surface area contributed by atoms with Gasteiger partial charge in [0, 0.05) is 23.5 Å². The molecule has 2 rings (SSSR count). The van der Waals surface area contributed by atoms with E-state index in [0.29, 0.717) is 29.6 Å². The van der Waals surface area contributed by atoms with Gasteiger partial charge in [-0.05, 0) is 39.0 Å². The highest BCUT2D eigenvalue weighted by molar-refractivity contribution is 7.11. The monoisotopic (exact) mass is 392 g/mol. The molecular formula is C19H28N4O3S. The standard InChI is InChI=1S/C19H28N4O3S/c1-6-20-19(22-11-18-12(2)23-13(3)27-18)21-10-16(24)15-9-14(25-4)7-8-17(15)26-5/h7-9,16,24H,6,10-11H2,1-5H3,(H2,20,21,22). The quantitative estimate of drug-likeness (QED) is 0.473. The Hall–Kier alpha value is -2.32. The van der Waals surface area contributed by atoms with Gasteiger partial charge >= 0.3 is 0 Å². The van der Waals surface area contributed by atoms with Crippen molar-refractivity contribution in [3.63, 3.8) is 0 Å². The lowest BCUT2D eigenvalue weighted by molar-refractivity contribution is 0.176. The Morgan fingerprint density at radius 2 is 2.04 bits per heavy atom. The molecule has 0 aliphatic carbocycles. The Kier molecular flexibility index (Phi) is 7.87. The van der Waals surface area contributed by atoms with Gasteiger partial charge in [-0.15, -0.1) is 11.3 Å². The van der Waals surface area contributed by atoms with Crippen LogP contribution in [-0.4, -0.2) is 43.4 Å². The van der Waals surface area contributed by atoms with Crippen LogP contribution >= 0.6 is 11.3 Å². The number of benzene rings is 1. The van der Waals surface area contributed by atoms with Crippen molar-refractivity contribution in [3.8, 4) is 11.5 Å². The third-order valence-electron chi connectivity index (χ3n) is 3.98. The number of methoxy groups -OCH3 is 2. The van der Waals surface area contributed by atoms with E-state index in [1.54, 1.807) is 43.8 Å². The van der Waals surface area contributed by atoms with Gasteiger partial charge in [-0.25, -0.2) is 9.98 Å². The molecule has 0 saturated heterocycles. The van der Waals surface area contributed by atoms with Crippen molar-refractivity contribution in [1.29, 1.82) is 0 Å². The van der Waals surface area contributed by atoms with Crippen LogP contribution in [0.2, 0.25) is 0 Å². The summed E-state index contributed by atoms with van der Waals surface area (Å²) in [5, 5.41) is 18.0. The smallest absolute Gasteiger partial charge is 0.191 e. The second-order valence-electron chi connectivity index (χ2n) is 5.94. The van der Waals surface area contributed by atoms with E-state index in [9.17, 15) is 5.11 Å². The molecule has 1 aromatic carbocycles. The van der Waals surface area contributed by atoms with Crippen molar-refractivity contribution in [2.24, 2.45) is 4.99 Å². The zero-order chi connectivity index (χ0) is 19.8. The zero-order valence-electron chi connectivity index (χ0n) is 16.5. The van der Waals surface area contributed by atoms with Gasteiger partial charge in [0.25, 0.3) is 0 Å². The molecule has 0 aliphatic heterocycles. The van der Waals surface area contributed by atoms with Crippen molar-refractivity contribution < 1.29 is 14.6 Å². The second-order valence-corrected chi connectivity index (χ2v) is 7.23.